The molecule has 1 rings (SSSR count). The van der Waals surface area contributed by atoms with Crippen LogP contribution >= 0.6 is 11.8 Å². The summed E-state index contributed by atoms with van der Waals surface area (Å²) in [6.07, 6.45) is 10.8. The summed E-state index contributed by atoms with van der Waals surface area (Å²) in [5.74, 6) is 1.12. The van der Waals surface area contributed by atoms with E-state index >= 15 is 0 Å². The van der Waals surface area contributed by atoms with Crippen LogP contribution in [0.4, 0.5) is 0 Å². The minimum Gasteiger partial charge on any atom is -0.396 e. The Morgan fingerprint density at radius 2 is 2.06 bits per heavy atom. The maximum Gasteiger partial charge on any atom is 0.0431 e. The van der Waals surface area contributed by atoms with E-state index in [2.05, 4.69) is 18.0 Å². The quantitative estimate of drug-likeness (QED) is 0.538. The van der Waals surface area contributed by atoms with Gasteiger partial charge < -0.3 is 5.11 Å². The average molecular weight is 253 g/mol. The van der Waals surface area contributed by atoms with Crippen LogP contribution in [0.2, 0.25) is 0 Å². The van der Waals surface area contributed by atoms with Crippen molar-refractivity contribution in [1.82, 2.24) is 4.98 Å². The van der Waals surface area contributed by atoms with Crippen molar-refractivity contribution in [1.29, 1.82) is 0 Å². The van der Waals surface area contributed by atoms with E-state index in [1.807, 2.05) is 24.2 Å². The monoisotopic (exact) mass is 253 g/mol. The van der Waals surface area contributed by atoms with E-state index in [1.54, 1.807) is 0 Å². The molecule has 0 amide bonds. The third kappa shape index (κ3) is 6.69. The highest BCUT2D eigenvalue weighted by Crippen LogP contribution is 2.20. The Labute approximate surface area is 109 Å². The number of hydrogen-bond acceptors (Lipinski definition) is 3. The zero-order valence-electron chi connectivity index (χ0n) is 10.7. The first-order valence-corrected chi connectivity index (χ1v) is 7.53. The van der Waals surface area contributed by atoms with Gasteiger partial charge in [-0.25, -0.2) is 0 Å². The molecule has 0 aliphatic rings. The molecule has 0 aliphatic heterocycles. The lowest BCUT2D eigenvalue weighted by molar-refractivity contribution is 0.284. The predicted octanol–water partition coefficient (Wildman–Crippen LogP) is 3.68. The average Bonchev–Trinajstić information content (AvgIpc) is 2.37. The summed E-state index contributed by atoms with van der Waals surface area (Å²) >= 11 is 1.87. The molecule has 1 N–H and O–H groups in total. The van der Waals surface area contributed by atoms with Crippen LogP contribution in [-0.4, -0.2) is 22.5 Å². The lowest BCUT2D eigenvalue weighted by Crippen LogP contribution is -1.89. The van der Waals surface area contributed by atoms with Crippen LogP contribution in [0.3, 0.4) is 0 Å². The van der Waals surface area contributed by atoms with E-state index < -0.39 is 0 Å². The number of thioether (sulfide) groups is 1. The number of aliphatic hydroxyl groups excluding tert-OH is 1. The molecule has 0 fully saturated rings. The lowest BCUT2D eigenvalue weighted by Gasteiger charge is -2.04. The molecule has 1 aromatic rings. The van der Waals surface area contributed by atoms with E-state index in [1.165, 1.54) is 29.7 Å². The molecule has 0 saturated carbocycles. The smallest absolute Gasteiger partial charge is 0.0431 e. The third-order valence-electron chi connectivity index (χ3n) is 2.66. The molecule has 1 aromatic heterocycles. The molecule has 0 bridgehead atoms. The van der Waals surface area contributed by atoms with Gasteiger partial charge in [0.2, 0.25) is 0 Å². The van der Waals surface area contributed by atoms with Gasteiger partial charge in [-0.05, 0) is 43.1 Å². The normalized spacial score (nSPS) is 10.7. The van der Waals surface area contributed by atoms with Gasteiger partial charge in [0.1, 0.15) is 0 Å². The fourth-order valence-corrected chi connectivity index (χ4v) is 2.60. The molecule has 0 aliphatic carbocycles. The van der Waals surface area contributed by atoms with Crippen LogP contribution in [0.5, 0.6) is 0 Å². The molecule has 3 heteroatoms. The van der Waals surface area contributed by atoms with Gasteiger partial charge in [0.25, 0.3) is 0 Å². The second-order valence-electron chi connectivity index (χ2n) is 4.27. The Kier molecular flexibility index (Phi) is 8.10. The van der Waals surface area contributed by atoms with Gasteiger partial charge in [0, 0.05) is 23.9 Å². The molecule has 0 saturated heterocycles. The number of hydrogen-bond donors (Lipinski definition) is 1. The largest absolute Gasteiger partial charge is 0.396 e. The molecular formula is C14H23NOS. The lowest BCUT2D eigenvalue weighted by atomic mass is 10.1. The number of aryl methyl sites for hydroxylation is 1. The van der Waals surface area contributed by atoms with Crippen molar-refractivity contribution >= 4 is 11.8 Å². The van der Waals surface area contributed by atoms with Gasteiger partial charge in [-0.1, -0.05) is 19.8 Å². The minimum atomic E-state index is 0.318. The molecule has 0 aromatic carbocycles. The maximum atomic E-state index is 8.68. The van der Waals surface area contributed by atoms with Crippen LogP contribution in [0, 0.1) is 0 Å². The van der Waals surface area contributed by atoms with Crippen molar-refractivity contribution in [3.63, 3.8) is 0 Å². The fraction of sp³-hybridized carbons (Fsp3) is 0.643. The van der Waals surface area contributed by atoms with E-state index in [4.69, 9.17) is 5.11 Å². The van der Waals surface area contributed by atoms with Gasteiger partial charge in [0.05, 0.1) is 0 Å². The SMILES string of the molecule is CCCCc1cncc(SCCCCCO)c1. The highest BCUT2D eigenvalue weighted by molar-refractivity contribution is 7.99. The van der Waals surface area contributed by atoms with Crippen molar-refractivity contribution in [3.8, 4) is 0 Å². The number of pyridine rings is 1. The van der Waals surface area contributed by atoms with E-state index in [9.17, 15) is 0 Å². The topological polar surface area (TPSA) is 33.1 Å². The number of rotatable bonds is 9. The minimum absolute atomic E-state index is 0.318. The second-order valence-corrected chi connectivity index (χ2v) is 5.43. The maximum absolute atomic E-state index is 8.68. The number of aromatic nitrogens is 1. The van der Waals surface area contributed by atoms with E-state index in [0.717, 1.165) is 25.0 Å². The van der Waals surface area contributed by atoms with Crippen molar-refractivity contribution in [2.45, 2.75) is 50.3 Å². The van der Waals surface area contributed by atoms with Crippen LogP contribution in [0.15, 0.2) is 23.4 Å². The predicted molar refractivity (Wildman–Crippen MR) is 74.5 cm³/mol. The summed E-state index contributed by atoms with van der Waals surface area (Å²) in [7, 11) is 0. The molecule has 1 heterocycles. The molecule has 17 heavy (non-hydrogen) atoms. The second kappa shape index (κ2) is 9.49. The van der Waals surface area contributed by atoms with Gasteiger partial charge >= 0.3 is 0 Å². The summed E-state index contributed by atoms with van der Waals surface area (Å²) in [6, 6.07) is 2.26. The molecule has 0 atom stereocenters. The van der Waals surface area contributed by atoms with Gasteiger partial charge in [-0.2, -0.15) is 0 Å². The zero-order chi connectivity index (χ0) is 12.3. The van der Waals surface area contributed by atoms with Crippen LogP contribution in [-0.2, 0) is 6.42 Å². The van der Waals surface area contributed by atoms with Crippen molar-refractivity contribution in [2.75, 3.05) is 12.4 Å². The Bertz CT molecular complexity index is 304. The third-order valence-corrected chi connectivity index (χ3v) is 3.71. The van der Waals surface area contributed by atoms with Crippen molar-refractivity contribution in [2.24, 2.45) is 0 Å². The van der Waals surface area contributed by atoms with Crippen LogP contribution in [0.1, 0.15) is 44.6 Å². The summed E-state index contributed by atoms with van der Waals surface area (Å²) in [5, 5.41) is 8.68. The van der Waals surface area contributed by atoms with Gasteiger partial charge in [-0.3, -0.25) is 4.98 Å². The summed E-state index contributed by atoms with van der Waals surface area (Å²) < 4.78 is 0. The Balaban J connectivity index is 2.27. The van der Waals surface area contributed by atoms with Crippen LogP contribution < -0.4 is 0 Å². The standard InChI is InChI=1S/C14H23NOS/c1-2-3-7-13-10-14(12-15-11-13)17-9-6-4-5-8-16/h10-12,16H,2-9H2,1H3. The molecule has 0 spiro atoms. The number of aliphatic hydroxyl groups is 1. The van der Waals surface area contributed by atoms with Gasteiger partial charge in [-0.15, -0.1) is 11.8 Å². The highest BCUT2D eigenvalue weighted by Gasteiger charge is 1.98. The highest BCUT2D eigenvalue weighted by atomic mass is 32.2. The summed E-state index contributed by atoms with van der Waals surface area (Å²) in [4.78, 5) is 5.57. The zero-order valence-corrected chi connectivity index (χ0v) is 11.5. The number of nitrogens with zero attached hydrogens (tertiary/aromatic N) is 1. The van der Waals surface area contributed by atoms with E-state index in [-0.39, 0.29) is 0 Å². The van der Waals surface area contributed by atoms with Crippen LogP contribution in [0.25, 0.3) is 0 Å². The fourth-order valence-electron chi connectivity index (χ4n) is 1.64. The summed E-state index contributed by atoms with van der Waals surface area (Å²) in [6.45, 7) is 2.53. The van der Waals surface area contributed by atoms with Gasteiger partial charge in [0.15, 0.2) is 0 Å². The van der Waals surface area contributed by atoms with Crippen molar-refractivity contribution < 1.29 is 5.11 Å². The molecule has 0 unspecified atom stereocenters. The number of unbranched alkanes of at least 4 members (excludes halogenated alkanes) is 3. The molecule has 0 radical (unpaired) electrons. The summed E-state index contributed by atoms with van der Waals surface area (Å²) in [5.41, 5.74) is 1.35. The first kappa shape index (κ1) is 14.5. The molecular weight excluding hydrogens is 230 g/mol. The molecule has 2 nitrogen and oxygen atoms in total. The Morgan fingerprint density at radius 3 is 2.82 bits per heavy atom. The Morgan fingerprint density at radius 1 is 1.18 bits per heavy atom. The molecule has 96 valence electrons. The van der Waals surface area contributed by atoms with Crippen molar-refractivity contribution in [3.05, 3.63) is 24.0 Å². The van der Waals surface area contributed by atoms with E-state index in [0.29, 0.717) is 6.61 Å². The first-order valence-electron chi connectivity index (χ1n) is 6.54. The Hall–Kier alpha value is -0.540. The first-order chi connectivity index (χ1) is 8.36.